The number of rotatable bonds is 6. The summed E-state index contributed by atoms with van der Waals surface area (Å²) in [6, 6.07) is 11.6. The van der Waals surface area contributed by atoms with E-state index < -0.39 is 23.6 Å². The fraction of sp³-hybridized carbons (Fsp3) is 0.267. The predicted molar refractivity (Wildman–Crippen MR) is 144 cm³/mol. The van der Waals surface area contributed by atoms with Crippen LogP contribution in [-0.2, 0) is 23.8 Å². The predicted octanol–water partition coefficient (Wildman–Crippen LogP) is 7.20. The third-order valence-corrected chi connectivity index (χ3v) is 7.44. The topological polar surface area (TPSA) is 64.8 Å². The summed E-state index contributed by atoms with van der Waals surface area (Å²) >= 11 is 6.49. The van der Waals surface area contributed by atoms with E-state index in [-0.39, 0.29) is 52.4 Å². The lowest BCUT2D eigenvalue weighted by Crippen LogP contribution is -2.42. The summed E-state index contributed by atoms with van der Waals surface area (Å²) in [4.78, 5) is 19.7. The maximum Gasteiger partial charge on any atom is 0.416 e. The van der Waals surface area contributed by atoms with Gasteiger partial charge in [-0.25, -0.2) is 9.37 Å². The number of nitrogens with zero attached hydrogens (tertiary/aromatic N) is 2. The molecule has 0 saturated heterocycles. The summed E-state index contributed by atoms with van der Waals surface area (Å²) in [6.07, 6.45) is -4.30. The normalized spacial score (nSPS) is 15.0. The zero-order chi connectivity index (χ0) is 29.5. The Bertz CT molecular complexity index is 1600. The molecule has 4 aromatic rings. The third-order valence-electron chi connectivity index (χ3n) is 7.12. The average molecular weight is 589 g/mol. The Hall–Kier alpha value is -4.05. The van der Waals surface area contributed by atoms with Gasteiger partial charge < -0.3 is 18.8 Å². The zero-order valence-electron chi connectivity index (χ0n) is 22.3. The maximum atomic E-state index is 15.3. The number of halogens is 5. The van der Waals surface area contributed by atoms with Crippen molar-refractivity contribution in [1.29, 1.82) is 0 Å². The molecule has 0 bridgehead atoms. The third kappa shape index (κ3) is 5.48. The Morgan fingerprint density at radius 2 is 1.80 bits per heavy atom. The van der Waals surface area contributed by atoms with E-state index in [0.717, 1.165) is 17.7 Å². The minimum atomic E-state index is -4.53. The van der Waals surface area contributed by atoms with Crippen LogP contribution in [0.25, 0.3) is 11.5 Å². The van der Waals surface area contributed by atoms with Crippen molar-refractivity contribution in [3.63, 3.8) is 0 Å². The van der Waals surface area contributed by atoms with Crippen LogP contribution in [0.2, 0.25) is 5.02 Å². The largest absolute Gasteiger partial charge is 0.493 e. The van der Waals surface area contributed by atoms with Gasteiger partial charge in [-0.15, -0.1) is 0 Å². The first-order valence-electron chi connectivity index (χ1n) is 12.6. The molecular formula is C30H25ClF4N2O4. The molecule has 11 heteroatoms. The van der Waals surface area contributed by atoms with Crippen LogP contribution < -0.4 is 9.47 Å². The molecule has 0 N–H and O–H groups in total. The van der Waals surface area contributed by atoms with E-state index in [0.29, 0.717) is 23.5 Å². The average Bonchev–Trinajstić information content (AvgIpc) is 3.31. The number of methoxy groups -OCH3 is 2. The molecule has 2 heterocycles. The highest BCUT2D eigenvalue weighted by Crippen LogP contribution is 2.44. The van der Waals surface area contributed by atoms with Crippen molar-refractivity contribution in [2.75, 3.05) is 20.8 Å². The maximum absolute atomic E-state index is 15.3. The van der Waals surface area contributed by atoms with E-state index in [1.807, 2.05) is 0 Å². The Balaban J connectivity index is 1.52. The van der Waals surface area contributed by atoms with Crippen LogP contribution in [0, 0.1) is 12.7 Å². The van der Waals surface area contributed by atoms with Gasteiger partial charge in [0, 0.05) is 22.7 Å². The first kappa shape index (κ1) is 28.5. The molecule has 0 radical (unpaired) electrons. The van der Waals surface area contributed by atoms with Crippen LogP contribution in [0.1, 0.15) is 39.7 Å². The second-order valence-corrected chi connectivity index (χ2v) is 9.97. The molecule has 0 aliphatic carbocycles. The number of hydrogen-bond acceptors (Lipinski definition) is 5. The number of alkyl halides is 3. The number of benzene rings is 3. The number of carbonyl (C=O) groups excluding carboxylic acids is 1. The Morgan fingerprint density at radius 3 is 2.49 bits per heavy atom. The zero-order valence-corrected chi connectivity index (χ0v) is 23.1. The van der Waals surface area contributed by atoms with Gasteiger partial charge in [0.2, 0.25) is 11.8 Å². The molecule has 1 aliphatic heterocycles. The van der Waals surface area contributed by atoms with Crippen LogP contribution in [0.5, 0.6) is 11.5 Å². The molecule has 1 aromatic heterocycles. The second kappa shape index (κ2) is 11.1. The molecule has 0 spiro atoms. The van der Waals surface area contributed by atoms with Gasteiger partial charge in [0.15, 0.2) is 11.5 Å². The second-order valence-electron chi connectivity index (χ2n) is 9.56. The summed E-state index contributed by atoms with van der Waals surface area (Å²) in [7, 11) is 3.00. The molecule has 214 valence electrons. The number of hydrogen-bond donors (Lipinski definition) is 0. The van der Waals surface area contributed by atoms with Crippen molar-refractivity contribution in [2.45, 2.75) is 32.0 Å². The molecule has 1 amide bonds. The van der Waals surface area contributed by atoms with Crippen LogP contribution in [0.3, 0.4) is 0 Å². The van der Waals surface area contributed by atoms with Gasteiger partial charge in [-0.1, -0.05) is 23.7 Å². The highest BCUT2D eigenvalue weighted by Gasteiger charge is 2.37. The lowest BCUT2D eigenvalue weighted by atomic mass is 9.87. The monoisotopic (exact) mass is 588 g/mol. The summed E-state index contributed by atoms with van der Waals surface area (Å²) in [5.41, 5.74) is 1.17. The number of carbonyl (C=O) groups is 1. The molecule has 1 aliphatic rings. The fourth-order valence-electron chi connectivity index (χ4n) is 5.09. The highest BCUT2D eigenvalue weighted by molar-refractivity contribution is 6.31. The van der Waals surface area contributed by atoms with E-state index in [1.54, 1.807) is 25.1 Å². The summed E-state index contributed by atoms with van der Waals surface area (Å²) in [5.74, 6) is 0.205. The van der Waals surface area contributed by atoms with Gasteiger partial charge in [0.1, 0.15) is 11.6 Å². The van der Waals surface area contributed by atoms with E-state index in [2.05, 4.69) is 4.98 Å². The molecular weight excluding hydrogens is 564 g/mol. The Labute approximate surface area is 238 Å². The summed E-state index contributed by atoms with van der Waals surface area (Å²) in [6.45, 7) is 1.83. The van der Waals surface area contributed by atoms with Gasteiger partial charge in [0.05, 0.1) is 37.9 Å². The number of fused-ring (bicyclic) bond motifs is 1. The highest BCUT2D eigenvalue weighted by atomic mass is 35.5. The van der Waals surface area contributed by atoms with Crippen molar-refractivity contribution in [1.82, 2.24) is 9.88 Å². The molecule has 0 saturated carbocycles. The minimum absolute atomic E-state index is 0.0362. The fourth-order valence-corrected chi connectivity index (χ4v) is 5.35. The van der Waals surface area contributed by atoms with E-state index in [4.69, 9.17) is 25.5 Å². The van der Waals surface area contributed by atoms with E-state index in [9.17, 15) is 18.0 Å². The standard InChI is InChI=1S/C30H25ClF4N2O4/c1-16-23(36-29(41-16)18-6-4-7-19(12-18)30(33,34)35)15-26(38)37-11-10-17-13-24(39-2)25(40-3)14-20(17)28(37)27-21(31)8-5-9-22(27)32/h4-9,12-14,28H,10-11,15H2,1-3H3/t28-/m1/s1. The quantitative estimate of drug-likeness (QED) is 0.223. The Morgan fingerprint density at radius 1 is 1.10 bits per heavy atom. The lowest BCUT2D eigenvalue weighted by Gasteiger charge is -2.38. The smallest absolute Gasteiger partial charge is 0.416 e. The summed E-state index contributed by atoms with van der Waals surface area (Å²) in [5, 5.41) is 0.153. The Kier molecular flexibility index (Phi) is 7.70. The molecule has 6 nitrogen and oxygen atoms in total. The molecule has 0 unspecified atom stereocenters. The van der Waals surface area contributed by atoms with Crippen molar-refractivity contribution in [2.24, 2.45) is 0 Å². The number of oxazole rings is 1. The summed E-state index contributed by atoms with van der Waals surface area (Å²) < 4.78 is 71.5. The van der Waals surface area contributed by atoms with E-state index >= 15 is 4.39 Å². The van der Waals surface area contributed by atoms with Crippen molar-refractivity contribution in [3.8, 4) is 23.0 Å². The first-order chi connectivity index (χ1) is 19.5. The number of aromatic nitrogens is 1. The van der Waals surface area contributed by atoms with Crippen LogP contribution in [-0.4, -0.2) is 36.6 Å². The van der Waals surface area contributed by atoms with Gasteiger partial charge in [0.25, 0.3) is 0 Å². The molecule has 0 fully saturated rings. The SMILES string of the molecule is COc1cc2c(cc1OC)[C@H](c1c(F)cccc1Cl)N(C(=O)Cc1nc(-c3cccc(C(F)(F)F)c3)oc1C)CC2. The van der Waals surface area contributed by atoms with Crippen molar-refractivity contribution >= 4 is 17.5 Å². The van der Waals surface area contributed by atoms with Crippen LogP contribution in [0.15, 0.2) is 59.0 Å². The van der Waals surface area contributed by atoms with Gasteiger partial charge in [-0.3, -0.25) is 4.79 Å². The van der Waals surface area contributed by atoms with Crippen LogP contribution in [0.4, 0.5) is 17.6 Å². The first-order valence-corrected chi connectivity index (χ1v) is 13.0. The van der Waals surface area contributed by atoms with Gasteiger partial charge in [-0.2, -0.15) is 13.2 Å². The number of aryl methyl sites for hydroxylation is 1. The van der Waals surface area contributed by atoms with E-state index in [1.165, 1.54) is 43.4 Å². The number of amides is 1. The van der Waals surface area contributed by atoms with Crippen molar-refractivity contribution < 1.29 is 36.2 Å². The lowest BCUT2D eigenvalue weighted by molar-refractivity contribution is -0.137. The van der Waals surface area contributed by atoms with Crippen LogP contribution >= 0.6 is 11.6 Å². The molecule has 41 heavy (non-hydrogen) atoms. The molecule has 3 aromatic carbocycles. The van der Waals surface area contributed by atoms with Gasteiger partial charge >= 0.3 is 6.18 Å². The number of ether oxygens (including phenoxy) is 2. The molecule has 5 rings (SSSR count). The molecule has 1 atom stereocenters. The minimum Gasteiger partial charge on any atom is -0.493 e. The van der Waals surface area contributed by atoms with Gasteiger partial charge in [-0.05, 0) is 66.9 Å². The van der Waals surface area contributed by atoms with Crippen molar-refractivity contribution in [3.05, 3.63) is 99.1 Å².